The first-order chi connectivity index (χ1) is 4.64. The number of rotatable bonds is 2. The summed E-state index contributed by atoms with van der Waals surface area (Å²) in [6.45, 7) is 4.12. The monoisotopic (exact) mass is 146 g/mol. The van der Waals surface area contributed by atoms with Gasteiger partial charge in [0.1, 0.15) is 5.60 Å². The van der Waals surface area contributed by atoms with Crippen molar-refractivity contribution < 1.29 is 14.9 Å². The molecule has 3 nitrogen and oxygen atoms in total. The van der Waals surface area contributed by atoms with Crippen LogP contribution in [0.4, 0.5) is 0 Å². The van der Waals surface area contributed by atoms with E-state index in [2.05, 4.69) is 0 Å². The molecule has 1 N–H and O–H groups in total. The van der Waals surface area contributed by atoms with Gasteiger partial charge in [-0.3, -0.25) is 0 Å². The van der Waals surface area contributed by atoms with Crippen LogP contribution in [0.3, 0.4) is 0 Å². The van der Waals surface area contributed by atoms with E-state index in [0.717, 1.165) is 6.42 Å². The quantitative estimate of drug-likeness (QED) is 0.587. The third-order valence-corrected chi connectivity index (χ3v) is 1.58. The molecule has 0 amide bonds. The summed E-state index contributed by atoms with van der Waals surface area (Å²) in [6, 6.07) is 0. The van der Waals surface area contributed by atoms with Gasteiger partial charge in [-0.15, -0.1) is 0 Å². The fourth-order valence-corrected chi connectivity index (χ4v) is 1.11. The van der Waals surface area contributed by atoms with Crippen molar-refractivity contribution in [2.75, 3.05) is 6.61 Å². The molecule has 0 aromatic rings. The van der Waals surface area contributed by atoms with Gasteiger partial charge in [0.2, 0.25) is 0 Å². The van der Waals surface area contributed by atoms with Gasteiger partial charge in [-0.05, 0) is 20.3 Å². The van der Waals surface area contributed by atoms with Crippen LogP contribution >= 0.6 is 0 Å². The Balaban J connectivity index is 2.29. The maximum atomic E-state index is 8.56. The lowest BCUT2D eigenvalue weighted by Gasteiger charge is -2.10. The van der Waals surface area contributed by atoms with Crippen LogP contribution in [0, 0.1) is 0 Å². The molecule has 0 saturated carbocycles. The van der Waals surface area contributed by atoms with Crippen LogP contribution in [0.5, 0.6) is 0 Å². The van der Waals surface area contributed by atoms with Gasteiger partial charge in [0.05, 0.1) is 6.10 Å². The van der Waals surface area contributed by atoms with Gasteiger partial charge in [-0.1, -0.05) is 0 Å². The third-order valence-electron chi connectivity index (χ3n) is 1.58. The first-order valence-corrected chi connectivity index (χ1v) is 3.59. The summed E-state index contributed by atoms with van der Waals surface area (Å²) < 4.78 is 0. The summed E-state index contributed by atoms with van der Waals surface area (Å²) in [4.78, 5) is 9.94. The molecule has 1 aliphatic heterocycles. The molecule has 0 aromatic carbocycles. The second-order valence-electron chi connectivity index (χ2n) is 3.28. The number of aliphatic hydroxyl groups is 1. The number of hydrogen-bond acceptors (Lipinski definition) is 3. The molecular weight excluding hydrogens is 132 g/mol. The van der Waals surface area contributed by atoms with Crippen molar-refractivity contribution in [1.82, 2.24) is 0 Å². The molecule has 1 unspecified atom stereocenters. The van der Waals surface area contributed by atoms with Gasteiger partial charge in [-0.2, -0.15) is 0 Å². The second-order valence-corrected chi connectivity index (χ2v) is 3.28. The molecule has 0 aromatic heterocycles. The Morgan fingerprint density at radius 3 is 2.70 bits per heavy atom. The molecule has 0 bridgehead atoms. The van der Waals surface area contributed by atoms with E-state index in [9.17, 15) is 0 Å². The Labute approximate surface area is 60.9 Å². The van der Waals surface area contributed by atoms with Crippen molar-refractivity contribution in [3.8, 4) is 0 Å². The summed E-state index contributed by atoms with van der Waals surface area (Å²) >= 11 is 0. The topological polar surface area (TPSA) is 38.7 Å². The summed E-state index contributed by atoms with van der Waals surface area (Å²) in [5.74, 6) is 0. The Morgan fingerprint density at radius 1 is 1.60 bits per heavy atom. The molecule has 1 saturated heterocycles. The van der Waals surface area contributed by atoms with E-state index in [0.29, 0.717) is 6.42 Å². The molecule has 1 heterocycles. The second kappa shape index (κ2) is 2.86. The average Bonchev–Trinajstić information content (AvgIpc) is 2.12. The minimum atomic E-state index is -0.167. The van der Waals surface area contributed by atoms with Gasteiger partial charge in [-0.25, -0.2) is 9.78 Å². The van der Waals surface area contributed by atoms with Crippen LogP contribution in [-0.4, -0.2) is 23.4 Å². The summed E-state index contributed by atoms with van der Waals surface area (Å²) in [7, 11) is 0. The molecule has 1 fully saturated rings. The summed E-state index contributed by atoms with van der Waals surface area (Å²) in [5.41, 5.74) is -0.167. The highest BCUT2D eigenvalue weighted by molar-refractivity contribution is 4.76. The van der Waals surface area contributed by atoms with Crippen LogP contribution in [-0.2, 0) is 9.78 Å². The van der Waals surface area contributed by atoms with E-state index in [1.54, 1.807) is 0 Å². The van der Waals surface area contributed by atoms with Crippen molar-refractivity contribution in [1.29, 1.82) is 0 Å². The lowest BCUT2D eigenvalue weighted by Crippen LogP contribution is -2.17. The fraction of sp³-hybridized carbons (Fsp3) is 1.00. The summed E-state index contributed by atoms with van der Waals surface area (Å²) in [5, 5.41) is 8.56. The zero-order valence-corrected chi connectivity index (χ0v) is 6.46. The molecule has 1 aliphatic rings. The third kappa shape index (κ3) is 1.94. The van der Waals surface area contributed by atoms with E-state index in [1.807, 2.05) is 13.8 Å². The van der Waals surface area contributed by atoms with Crippen LogP contribution in [0.2, 0.25) is 0 Å². The van der Waals surface area contributed by atoms with Gasteiger partial charge in [0, 0.05) is 13.0 Å². The number of hydrogen-bond donors (Lipinski definition) is 1. The van der Waals surface area contributed by atoms with Crippen molar-refractivity contribution in [2.24, 2.45) is 0 Å². The molecular formula is C7H14O3. The van der Waals surface area contributed by atoms with Crippen molar-refractivity contribution in [3.05, 3.63) is 0 Å². The van der Waals surface area contributed by atoms with Crippen molar-refractivity contribution in [3.63, 3.8) is 0 Å². The van der Waals surface area contributed by atoms with Crippen molar-refractivity contribution >= 4 is 0 Å². The van der Waals surface area contributed by atoms with Crippen molar-refractivity contribution in [2.45, 2.75) is 38.4 Å². The highest BCUT2D eigenvalue weighted by atomic mass is 17.2. The van der Waals surface area contributed by atoms with E-state index in [-0.39, 0.29) is 18.3 Å². The van der Waals surface area contributed by atoms with E-state index >= 15 is 0 Å². The fourth-order valence-electron chi connectivity index (χ4n) is 1.11. The molecule has 0 aliphatic carbocycles. The molecule has 0 radical (unpaired) electrons. The Hall–Kier alpha value is -0.120. The normalized spacial score (nSPS) is 30.9. The lowest BCUT2D eigenvalue weighted by atomic mass is 10.0. The Morgan fingerprint density at radius 2 is 2.30 bits per heavy atom. The summed E-state index contributed by atoms with van der Waals surface area (Å²) in [6.07, 6.45) is 1.62. The molecule has 10 heavy (non-hydrogen) atoms. The average molecular weight is 146 g/mol. The first-order valence-electron chi connectivity index (χ1n) is 3.59. The zero-order valence-electron chi connectivity index (χ0n) is 6.46. The smallest absolute Gasteiger partial charge is 0.101 e. The van der Waals surface area contributed by atoms with Crippen LogP contribution in [0.1, 0.15) is 26.7 Å². The highest BCUT2D eigenvalue weighted by Gasteiger charge is 2.33. The maximum Gasteiger partial charge on any atom is 0.101 e. The van der Waals surface area contributed by atoms with Gasteiger partial charge >= 0.3 is 0 Å². The molecule has 1 rings (SSSR count). The Kier molecular flexibility index (Phi) is 2.28. The number of aliphatic hydroxyl groups excluding tert-OH is 1. The SMILES string of the molecule is CC1(C)CC(CCO)OO1. The van der Waals surface area contributed by atoms with Gasteiger partial charge in [0.25, 0.3) is 0 Å². The first kappa shape index (κ1) is 7.98. The largest absolute Gasteiger partial charge is 0.396 e. The van der Waals surface area contributed by atoms with E-state index in [1.165, 1.54) is 0 Å². The molecule has 1 atom stereocenters. The van der Waals surface area contributed by atoms with E-state index < -0.39 is 0 Å². The lowest BCUT2D eigenvalue weighted by molar-refractivity contribution is -0.319. The molecule has 3 heteroatoms. The molecule has 60 valence electrons. The Bertz CT molecular complexity index is 111. The van der Waals surface area contributed by atoms with E-state index in [4.69, 9.17) is 14.9 Å². The predicted octanol–water partition coefficient (Wildman–Crippen LogP) is 0.868. The van der Waals surface area contributed by atoms with Crippen LogP contribution in [0.25, 0.3) is 0 Å². The molecule has 0 spiro atoms. The standard InChI is InChI=1S/C7H14O3/c1-7(2)5-6(3-4-8)9-10-7/h6,8H,3-5H2,1-2H3. The maximum absolute atomic E-state index is 8.56. The highest BCUT2D eigenvalue weighted by Crippen LogP contribution is 2.28. The minimum absolute atomic E-state index is 0.0833. The van der Waals surface area contributed by atoms with Gasteiger partial charge in [0.15, 0.2) is 0 Å². The van der Waals surface area contributed by atoms with Crippen LogP contribution < -0.4 is 0 Å². The predicted molar refractivity (Wildman–Crippen MR) is 36.4 cm³/mol. The minimum Gasteiger partial charge on any atom is -0.396 e. The van der Waals surface area contributed by atoms with Crippen LogP contribution in [0.15, 0.2) is 0 Å². The zero-order chi connectivity index (χ0) is 7.61. The van der Waals surface area contributed by atoms with Gasteiger partial charge < -0.3 is 5.11 Å².